The third-order valence-electron chi connectivity index (χ3n) is 2.89. The highest BCUT2D eigenvalue weighted by Crippen LogP contribution is 2.27. The molecule has 1 rings (SSSR count). The van der Waals surface area contributed by atoms with Crippen molar-refractivity contribution in [1.29, 1.82) is 5.26 Å². The molecule has 1 heterocycles. The number of hydrogen-bond donors (Lipinski definition) is 2. The van der Waals surface area contributed by atoms with E-state index < -0.39 is 0 Å². The molecule has 0 radical (unpaired) electrons. The molecule has 0 atom stereocenters. The van der Waals surface area contributed by atoms with Crippen molar-refractivity contribution in [2.45, 2.75) is 33.1 Å². The van der Waals surface area contributed by atoms with Gasteiger partial charge >= 0.3 is 0 Å². The number of nitrogens with two attached hydrogens (primary N) is 1. The van der Waals surface area contributed by atoms with Crippen molar-refractivity contribution in [1.82, 2.24) is 0 Å². The molecule has 0 saturated carbocycles. The van der Waals surface area contributed by atoms with Crippen LogP contribution >= 0.6 is 11.3 Å². The first-order chi connectivity index (χ1) is 8.48. The van der Waals surface area contributed by atoms with Crippen molar-refractivity contribution < 1.29 is 4.79 Å². The Hall–Kier alpha value is -1.38. The van der Waals surface area contributed by atoms with E-state index in [1.807, 2.05) is 0 Å². The zero-order valence-electron chi connectivity index (χ0n) is 10.8. The van der Waals surface area contributed by atoms with E-state index in [-0.39, 0.29) is 11.3 Å². The summed E-state index contributed by atoms with van der Waals surface area (Å²) in [5.74, 6) is -0.0425. The maximum atomic E-state index is 11.8. The molecule has 98 valence electrons. The lowest BCUT2D eigenvalue weighted by atomic mass is 9.84. The highest BCUT2D eigenvalue weighted by atomic mass is 32.1. The van der Waals surface area contributed by atoms with Crippen molar-refractivity contribution in [3.05, 3.63) is 17.0 Å². The molecule has 1 aromatic rings. The van der Waals surface area contributed by atoms with Gasteiger partial charge in [0.15, 0.2) is 0 Å². The first-order valence-electron chi connectivity index (χ1n) is 5.96. The molecule has 4 nitrogen and oxygen atoms in total. The van der Waals surface area contributed by atoms with E-state index >= 15 is 0 Å². The maximum absolute atomic E-state index is 11.8. The number of thiophene rings is 1. The molecule has 0 fully saturated rings. The van der Waals surface area contributed by atoms with Crippen molar-refractivity contribution >= 4 is 22.2 Å². The van der Waals surface area contributed by atoms with E-state index in [1.165, 1.54) is 11.3 Å². The predicted molar refractivity (Wildman–Crippen MR) is 74.4 cm³/mol. The summed E-state index contributed by atoms with van der Waals surface area (Å²) in [6.07, 6.45) is 2.15. The van der Waals surface area contributed by atoms with Gasteiger partial charge in [0, 0.05) is 6.42 Å². The van der Waals surface area contributed by atoms with Crippen molar-refractivity contribution in [2.75, 3.05) is 11.9 Å². The van der Waals surface area contributed by atoms with Crippen molar-refractivity contribution in [2.24, 2.45) is 11.1 Å². The third kappa shape index (κ3) is 4.47. The summed E-state index contributed by atoms with van der Waals surface area (Å²) < 4.78 is 0. The van der Waals surface area contributed by atoms with Gasteiger partial charge < -0.3 is 11.1 Å². The van der Waals surface area contributed by atoms with Crippen LogP contribution in [0.2, 0.25) is 0 Å². The number of nitriles is 1. The molecule has 0 spiro atoms. The van der Waals surface area contributed by atoms with Gasteiger partial charge in [-0.15, -0.1) is 11.3 Å². The zero-order valence-corrected chi connectivity index (χ0v) is 11.6. The highest BCUT2D eigenvalue weighted by Gasteiger charge is 2.18. The lowest BCUT2D eigenvalue weighted by molar-refractivity contribution is -0.116. The zero-order chi connectivity index (χ0) is 13.6. The van der Waals surface area contributed by atoms with Crippen LogP contribution in [0.1, 0.15) is 38.7 Å². The number of carbonyl (C=O) groups excluding carboxylic acids is 1. The SMILES string of the molecule is CC(C)(CCN)CCC(=O)Nc1sccc1C#N. The summed E-state index contributed by atoms with van der Waals surface area (Å²) in [5.41, 5.74) is 6.14. The average molecular weight is 265 g/mol. The normalized spacial score (nSPS) is 11.0. The largest absolute Gasteiger partial charge is 0.330 e. The van der Waals surface area contributed by atoms with Crippen molar-refractivity contribution in [3.8, 4) is 6.07 Å². The second kappa shape index (κ2) is 6.53. The summed E-state index contributed by atoms with van der Waals surface area (Å²) in [4.78, 5) is 11.8. The van der Waals surface area contributed by atoms with Crippen LogP contribution in [0.4, 0.5) is 5.00 Å². The van der Waals surface area contributed by atoms with Gasteiger partial charge in [-0.25, -0.2) is 0 Å². The topological polar surface area (TPSA) is 78.9 Å². The van der Waals surface area contributed by atoms with Gasteiger partial charge in [0.05, 0.1) is 5.56 Å². The number of amides is 1. The first-order valence-corrected chi connectivity index (χ1v) is 6.84. The molecule has 0 bridgehead atoms. The fraction of sp³-hybridized carbons (Fsp3) is 0.538. The van der Waals surface area contributed by atoms with Gasteiger partial charge in [-0.3, -0.25) is 4.79 Å². The van der Waals surface area contributed by atoms with E-state index in [4.69, 9.17) is 11.0 Å². The van der Waals surface area contributed by atoms with E-state index in [9.17, 15) is 4.79 Å². The van der Waals surface area contributed by atoms with Gasteiger partial charge in [0.2, 0.25) is 5.91 Å². The Morgan fingerprint density at radius 2 is 2.28 bits per heavy atom. The minimum Gasteiger partial charge on any atom is -0.330 e. The van der Waals surface area contributed by atoms with Crippen LogP contribution in [0.5, 0.6) is 0 Å². The minimum absolute atomic E-state index is 0.0425. The molecule has 0 aromatic carbocycles. The van der Waals surface area contributed by atoms with E-state index in [2.05, 4.69) is 25.2 Å². The predicted octanol–water partition coefficient (Wildman–Crippen LogP) is 2.71. The van der Waals surface area contributed by atoms with Crippen molar-refractivity contribution in [3.63, 3.8) is 0 Å². The van der Waals surface area contributed by atoms with Gasteiger partial charge in [-0.2, -0.15) is 5.26 Å². The Bertz CT molecular complexity index is 445. The number of hydrogen-bond acceptors (Lipinski definition) is 4. The summed E-state index contributed by atoms with van der Waals surface area (Å²) >= 11 is 1.37. The second-order valence-electron chi connectivity index (χ2n) is 5.03. The molecule has 1 aromatic heterocycles. The van der Waals surface area contributed by atoms with Crippen LogP contribution in [-0.4, -0.2) is 12.5 Å². The molecule has 1 amide bonds. The lowest BCUT2D eigenvalue weighted by Crippen LogP contribution is -2.20. The Kier molecular flexibility index (Phi) is 5.32. The lowest BCUT2D eigenvalue weighted by Gasteiger charge is -2.23. The van der Waals surface area contributed by atoms with Crippen LogP contribution in [0.25, 0.3) is 0 Å². The molecular formula is C13H19N3OS. The van der Waals surface area contributed by atoms with Gasteiger partial charge in [-0.05, 0) is 36.2 Å². The maximum Gasteiger partial charge on any atom is 0.225 e. The summed E-state index contributed by atoms with van der Waals surface area (Å²) in [7, 11) is 0. The Balaban J connectivity index is 2.46. The molecular weight excluding hydrogens is 246 g/mol. The fourth-order valence-corrected chi connectivity index (χ4v) is 2.40. The standard InChI is InChI=1S/C13H19N3OS/c1-13(2,6-7-14)5-3-11(17)16-12-10(9-15)4-8-18-12/h4,8H,3,5-7,14H2,1-2H3,(H,16,17). The molecule has 0 aliphatic carbocycles. The molecule has 3 N–H and O–H groups in total. The monoisotopic (exact) mass is 265 g/mol. The van der Waals surface area contributed by atoms with Crippen LogP contribution in [0.15, 0.2) is 11.4 Å². The molecule has 0 aliphatic heterocycles. The van der Waals surface area contributed by atoms with Gasteiger partial charge in [-0.1, -0.05) is 13.8 Å². The first kappa shape index (κ1) is 14.7. The summed E-state index contributed by atoms with van der Waals surface area (Å²) in [5, 5.41) is 14.1. The number of rotatable bonds is 6. The molecule has 0 unspecified atom stereocenters. The van der Waals surface area contributed by atoms with Crippen LogP contribution in [0, 0.1) is 16.7 Å². The van der Waals surface area contributed by atoms with Crippen LogP contribution in [0.3, 0.4) is 0 Å². The second-order valence-corrected chi connectivity index (χ2v) is 5.94. The summed E-state index contributed by atoms with van der Waals surface area (Å²) in [6, 6.07) is 3.76. The minimum atomic E-state index is -0.0425. The molecule has 0 saturated heterocycles. The number of anilines is 1. The van der Waals surface area contributed by atoms with E-state index in [0.717, 1.165) is 12.8 Å². The van der Waals surface area contributed by atoms with E-state index in [0.29, 0.717) is 23.5 Å². The van der Waals surface area contributed by atoms with Gasteiger partial charge in [0.25, 0.3) is 0 Å². The molecule has 5 heteroatoms. The van der Waals surface area contributed by atoms with Crippen LogP contribution < -0.4 is 11.1 Å². The Labute approximate surface area is 112 Å². The Morgan fingerprint density at radius 3 is 2.89 bits per heavy atom. The number of carbonyl (C=O) groups is 1. The fourth-order valence-electron chi connectivity index (χ4n) is 1.65. The number of nitrogens with one attached hydrogen (secondary N) is 1. The number of nitrogens with zero attached hydrogens (tertiary/aromatic N) is 1. The van der Waals surface area contributed by atoms with Crippen LogP contribution in [-0.2, 0) is 4.79 Å². The van der Waals surface area contributed by atoms with E-state index in [1.54, 1.807) is 11.4 Å². The molecule has 0 aliphatic rings. The highest BCUT2D eigenvalue weighted by molar-refractivity contribution is 7.14. The van der Waals surface area contributed by atoms with Gasteiger partial charge in [0.1, 0.15) is 11.1 Å². The smallest absolute Gasteiger partial charge is 0.225 e. The summed E-state index contributed by atoms with van der Waals surface area (Å²) in [6.45, 7) is 4.86. The third-order valence-corrected chi connectivity index (χ3v) is 3.72. The Morgan fingerprint density at radius 1 is 1.56 bits per heavy atom. The quantitative estimate of drug-likeness (QED) is 0.830. The average Bonchev–Trinajstić information content (AvgIpc) is 2.74. The molecule has 18 heavy (non-hydrogen) atoms.